The Morgan fingerprint density at radius 2 is 2.33 bits per heavy atom. The third-order valence-corrected chi connectivity index (χ3v) is 2.22. The lowest BCUT2D eigenvalue weighted by atomic mass is 10.3. The molecule has 4 nitrogen and oxygen atoms in total. The molecular weight excluding hydrogens is 192 g/mol. The van der Waals surface area contributed by atoms with Crippen LogP contribution in [0.4, 0.5) is 0 Å². The average molecular weight is 210 g/mol. The summed E-state index contributed by atoms with van der Waals surface area (Å²) in [5, 5.41) is 0. The van der Waals surface area contributed by atoms with Crippen molar-refractivity contribution in [1.82, 2.24) is 4.57 Å². The van der Waals surface area contributed by atoms with Crippen LogP contribution < -0.4 is 16.0 Å². The van der Waals surface area contributed by atoms with Gasteiger partial charge in [0.15, 0.2) is 5.75 Å². The lowest BCUT2D eigenvalue weighted by Crippen LogP contribution is -2.28. The normalized spacial score (nSPS) is 12.5. The third kappa shape index (κ3) is 2.83. The Hall–Kier alpha value is -1.29. The predicted molar refractivity (Wildman–Crippen MR) is 60.3 cm³/mol. The van der Waals surface area contributed by atoms with Gasteiger partial charge in [-0.05, 0) is 25.5 Å². The van der Waals surface area contributed by atoms with Crippen LogP contribution in [-0.4, -0.2) is 17.7 Å². The molecule has 0 aliphatic rings. The molecule has 0 radical (unpaired) electrons. The summed E-state index contributed by atoms with van der Waals surface area (Å²) in [6.07, 6.45) is 2.62. The molecule has 0 aliphatic heterocycles. The van der Waals surface area contributed by atoms with Gasteiger partial charge in [-0.2, -0.15) is 0 Å². The van der Waals surface area contributed by atoms with E-state index in [4.69, 9.17) is 10.5 Å². The molecular formula is C11H18N2O2. The number of nitrogens with two attached hydrogens (primary N) is 1. The second-order valence-electron chi connectivity index (χ2n) is 3.52. The van der Waals surface area contributed by atoms with Gasteiger partial charge in [0.25, 0.3) is 5.56 Å². The van der Waals surface area contributed by atoms with Crippen LogP contribution in [0.25, 0.3) is 0 Å². The summed E-state index contributed by atoms with van der Waals surface area (Å²) < 4.78 is 6.95. The molecule has 1 aromatic rings. The Morgan fingerprint density at radius 1 is 1.60 bits per heavy atom. The van der Waals surface area contributed by atoms with E-state index in [1.54, 1.807) is 22.9 Å². The lowest BCUT2D eigenvalue weighted by molar-refractivity contribution is 0.308. The van der Waals surface area contributed by atoms with Gasteiger partial charge in [0.05, 0.1) is 6.61 Å². The first-order chi connectivity index (χ1) is 7.20. The van der Waals surface area contributed by atoms with Crippen LogP contribution in [0, 0.1) is 0 Å². The molecule has 1 heterocycles. The Morgan fingerprint density at radius 3 is 2.93 bits per heavy atom. The number of rotatable bonds is 5. The second kappa shape index (κ2) is 5.56. The molecule has 1 aromatic heterocycles. The Bertz CT molecular complexity index is 360. The topological polar surface area (TPSA) is 57.2 Å². The van der Waals surface area contributed by atoms with E-state index in [9.17, 15) is 4.79 Å². The number of pyridine rings is 1. The van der Waals surface area contributed by atoms with Crippen molar-refractivity contribution in [2.75, 3.05) is 13.2 Å². The molecule has 0 saturated carbocycles. The van der Waals surface area contributed by atoms with E-state index in [1.807, 2.05) is 13.8 Å². The molecule has 4 heteroatoms. The van der Waals surface area contributed by atoms with Gasteiger partial charge >= 0.3 is 0 Å². The Kier molecular flexibility index (Phi) is 4.37. The zero-order chi connectivity index (χ0) is 11.3. The van der Waals surface area contributed by atoms with Crippen molar-refractivity contribution in [2.45, 2.75) is 26.3 Å². The fourth-order valence-electron chi connectivity index (χ4n) is 1.27. The summed E-state index contributed by atoms with van der Waals surface area (Å²) in [7, 11) is 0. The molecule has 0 fully saturated rings. The third-order valence-electron chi connectivity index (χ3n) is 2.22. The highest BCUT2D eigenvalue weighted by Crippen LogP contribution is 2.06. The van der Waals surface area contributed by atoms with Crippen molar-refractivity contribution in [3.05, 3.63) is 28.7 Å². The fraction of sp³-hybridized carbons (Fsp3) is 0.545. The maximum Gasteiger partial charge on any atom is 0.293 e. The summed E-state index contributed by atoms with van der Waals surface area (Å²) >= 11 is 0. The quantitative estimate of drug-likeness (QED) is 0.793. The monoisotopic (exact) mass is 210 g/mol. The SMILES string of the molecule is CCCOc1cccn(C(C)CN)c1=O. The highest BCUT2D eigenvalue weighted by atomic mass is 16.5. The average Bonchev–Trinajstić information content (AvgIpc) is 2.27. The van der Waals surface area contributed by atoms with Gasteiger partial charge in [-0.25, -0.2) is 0 Å². The predicted octanol–water partition coefficient (Wildman–Crippen LogP) is 1.16. The fourth-order valence-corrected chi connectivity index (χ4v) is 1.27. The zero-order valence-electron chi connectivity index (χ0n) is 9.27. The molecule has 0 saturated heterocycles. The number of aromatic nitrogens is 1. The Balaban J connectivity index is 2.95. The first-order valence-electron chi connectivity index (χ1n) is 5.24. The standard InChI is InChI=1S/C11H18N2O2/c1-3-7-15-10-5-4-6-13(11(10)14)9(2)8-12/h4-6,9H,3,7-8,12H2,1-2H3. The maximum atomic E-state index is 11.9. The summed E-state index contributed by atoms with van der Waals surface area (Å²) in [4.78, 5) is 11.9. The molecule has 0 aliphatic carbocycles. The van der Waals surface area contributed by atoms with Crippen LogP contribution in [0.3, 0.4) is 0 Å². The summed E-state index contributed by atoms with van der Waals surface area (Å²) in [6, 6.07) is 3.50. The van der Waals surface area contributed by atoms with E-state index in [1.165, 1.54) is 0 Å². The van der Waals surface area contributed by atoms with Crippen LogP contribution in [0.5, 0.6) is 5.75 Å². The van der Waals surface area contributed by atoms with Crippen molar-refractivity contribution in [3.63, 3.8) is 0 Å². The molecule has 0 bridgehead atoms. The minimum absolute atomic E-state index is 0.00248. The van der Waals surface area contributed by atoms with Crippen molar-refractivity contribution in [1.29, 1.82) is 0 Å². The molecule has 0 spiro atoms. The summed E-state index contributed by atoms with van der Waals surface area (Å²) in [6.45, 7) is 4.92. The minimum Gasteiger partial charge on any atom is -0.488 e. The van der Waals surface area contributed by atoms with Crippen LogP contribution in [0.2, 0.25) is 0 Å². The number of hydrogen-bond donors (Lipinski definition) is 1. The van der Waals surface area contributed by atoms with E-state index in [0.29, 0.717) is 18.9 Å². The number of hydrogen-bond acceptors (Lipinski definition) is 3. The number of nitrogens with zero attached hydrogens (tertiary/aromatic N) is 1. The molecule has 0 aromatic carbocycles. The van der Waals surface area contributed by atoms with Crippen LogP contribution >= 0.6 is 0 Å². The molecule has 0 amide bonds. The van der Waals surface area contributed by atoms with Crippen LogP contribution in [-0.2, 0) is 0 Å². The first kappa shape index (κ1) is 11.8. The highest BCUT2D eigenvalue weighted by Gasteiger charge is 2.08. The van der Waals surface area contributed by atoms with Crippen molar-refractivity contribution in [3.8, 4) is 5.75 Å². The summed E-state index contributed by atoms with van der Waals surface area (Å²) in [5.74, 6) is 0.402. The second-order valence-corrected chi connectivity index (χ2v) is 3.52. The van der Waals surface area contributed by atoms with Crippen LogP contribution in [0.15, 0.2) is 23.1 Å². The smallest absolute Gasteiger partial charge is 0.293 e. The van der Waals surface area contributed by atoms with E-state index in [2.05, 4.69) is 0 Å². The highest BCUT2D eigenvalue weighted by molar-refractivity contribution is 5.17. The Labute approximate surface area is 89.7 Å². The van der Waals surface area contributed by atoms with E-state index < -0.39 is 0 Å². The summed E-state index contributed by atoms with van der Waals surface area (Å²) in [5.41, 5.74) is 5.42. The van der Waals surface area contributed by atoms with Crippen molar-refractivity contribution in [2.24, 2.45) is 5.73 Å². The van der Waals surface area contributed by atoms with Gasteiger partial charge < -0.3 is 15.0 Å². The van der Waals surface area contributed by atoms with Gasteiger partial charge in [0.1, 0.15) is 0 Å². The van der Waals surface area contributed by atoms with E-state index >= 15 is 0 Å². The van der Waals surface area contributed by atoms with E-state index in [-0.39, 0.29) is 11.6 Å². The molecule has 1 unspecified atom stereocenters. The molecule has 84 valence electrons. The molecule has 1 rings (SSSR count). The maximum absolute atomic E-state index is 11.9. The van der Waals surface area contributed by atoms with Crippen molar-refractivity contribution >= 4 is 0 Å². The molecule has 15 heavy (non-hydrogen) atoms. The largest absolute Gasteiger partial charge is 0.488 e. The zero-order valence-corrected chi connectivity index (χ0v) is 9.27. The van der Waals surface area contributed by atoms with Gasteiger partial charge in [0.2, 0.25) is 0 Å². The van der Waals surface area contributed by atoms with Crippen LogP contribution in [0.1, 0.15) is 26.3 Å². The molecule has 2 N–H and O–H groups in total. The van der Waals surface area contributed by atoms with E-state index in [0.717, 1.165) is 6.42 Å². The lowest BCUT2D eigenvalue weighted by Gasteiger charge is -2.13. The van der Waals surface area contributed by atoms with Gasteiger partial charge in [-0.1, -0.05) is 6.92 Å². The molecule has 1 atom stereocenters. The first-order valence-corrected chi connectivity index (χ1v) is 5.24. The van der Waals surface area contributed by atoms with Gasteiger partial charge in [0, 0.05) is 18.8 Å². The number of ether oxygens (including phenoxy) is 1. The van der Waals surface area contributed by atoms with Crippen molar-refractivity contribution < 1.29 is 4.74 Å². The van der Waals surface area contributed by atoms with Gasteiger partial charge in [-0.15, -0.1) is 0 Å². The minimum atomic E-state index is -0.107. The van der Waals surface area contributed by atoms with Gasteiger partial charge in [-0.3, -0.25) is 4.79 Å².